The van der Waals surface area contributed by atoms with Gasteiger partial charge in [0.25, 0.3) is 0 Å². The van der Waals surface area contributed by atoms with E-state index in [4.69, 9.17) is 9.47 Å². The quantitative estimate of drug-likeness (QED) is 0.0334. The number of esters is 2. The van der Waals surface area contributed by atoms with Crippen LogP contribution < -0.4 is 10.2 Å². The first-order valence-corrected chi connectivity index (χ1v) is 33.1. The topological polar surface area (TPSA) is 133 Å². The van der Waals surface area contributed by atoms with Crippen molar-refractivity contribution in [3.8, 4) is 0 Å². The van der Waals surface area contributed by atoms with E-state index in [1.165, 1.54) is 180 Å². The fourth-order valence-corrected chi connectivity index (χ4v) is 11.6. The summed E-state index contributed by atoms with van der Waals surface area (Å²) in [6, 6.07) is 0. The van der Waals surface area contributed by atoms with Crippen LogP contribution in [0.4, 0.5) is 0 Å². The molecule has 67 heavy (non-hydrogen) atoms. The standard InChI is InChI=1S/C26H50O4.2C12H24O2.2C4H9.Sn/c1-3-5-7-9-15-19-23-29-25(27)21-17-13-11-12-14-18-22-26(28)30-24-20-16-10-8-6-4-2;2*1-2-3-4-5-6-7-8-9-10-11-12(13)14;2*1-3-4-2;/h3-24H2,1-2H3;2*2-11H2,1H3,(H,13,14);2*1,3-4H2,2H3;/q;;;;;+2/p-2. The molecule has 0 saturated carbocycles. The van der Waals surface area contributed by atoms with Crippen LogP contribution >= 0.6 is 0 Å². The van der Waals surface area contributed by atoms with Gasteiger partial charge < -0.3 is 29.3 Å². The second-order valence-corrected chi connectivity index (χ2v) is 23.2. The molecule has 0 aliphatic carbocycles. The van der Waals surface area contributed by atoms with Gasteiger partial charge in [0.2, 0.25) is 0 Å². The van der Waals surface area contributed by atoms with Crippen molar-refractivity contribution >= 4 is 45.0 Å². The van der Waals surface area contributed by atoms with E-state index in [1.807, 2.05) is 0 Å². The number of aliphatic carboxylic acids is 2. The van der Waals surface area contributed by atoms with Crippen molar-refractivity contribution < 1.29 is 38.9 Å². The van der Waals surface area contributed by atoms with E-state index in [2.05, 4.69) is 41.5 Å². The van der Waals surface area contributed by atoms with E-state index in [-0.39, 0.29) is 45.9 Å². The third-order valence-electron chi connectivity index (χ3n) is 11.9. The molecule has 0 saturated heterocycles. The molecule has 0 aromatic heterocycles. The van der Waals surface area contributed by atoms with Crippen LogP contribution in [0.25, 0.3) is 0 Å². The zero-order chi connectivity index (χ0) is 50.4. The van der Waals surface area contributed by atoms with Gasteiger partial charge in [-0.3, -0.25) is 9.59 Å². The Balaban J connectivity index is -0.000000445. The average molecular weight is 1060 g/mol. The summed E-state index contributed by atoms with van der Waals surface area (Å²) in [5, 5.41) is 20.2. The Hall–Kier alpha value is -1.32. The first-order valence-electron chi connectivity index (χ1n) is 29.1. The van der Waals surface area contributed by atoms with Gasteiger partial charge in [0.05, 0.1) is 13.2 Å². The SMILES string of the molecule is CCCCCCCCCCCC(=O)[O-].CCCCCCCCCCCC(=O)[O-].CCCCCCCCOC(=O)CCCCCCCCC(=O)OCCCCCCCC.CCC[CH2][Sn+2][CH2]CCC. The number of ether oxygens (including phenoxy) is 2. The van der Waals surface area contributed by atoms with Gasteiger partial charge in [0, 0.05) is 24.8 Å². The molecule has 0 aliphatic rings. The fraction of sp³-hybridized carbons (Fsp3) is 0.931. The molecule has 0 heterocycles. The number of carbonyl (C=O) groups excluding carboxylic acids is 4. The second-order valence-electron chi connectivity index (χ2n) is 19.0. The summed E-state index contributed by atoms with van der Waals surface area (Å²) in [6.07, 6.45) is 50.0. The third kappa shape index (κ3) is 82.0. The van der Waals surface area contributed by atoms with Crippen molar-refractivity contribution in [1.29, 1.82) is 0 Å². The zero-order valence-corrected chi connectivity index (χ0v) is 48.6. The molecule has 0 aromatic rings. The fourth-order valence-electron chi connectivity index (χ4n) is 7.42. The third-order valence-corrected chi connectivity index (χ3v) is 16.0. The van der Waals surface area contributed by atoms with Crippen LogP contribution in [0, 0.1) is 0 Å². The van der Waals surface area contributed by atoms with Gasteiger partial charge in [-0.1, -0.05) is 220 Å². The van der Waals surface area contributed by atoms with Gasteiger partial charge in [0.15, 0.2) is 0 Å². The van der Waals surface area contributed by atoms with Gasteiger partial charge in [-0.25, -0.2) is 0 Å². The molecule has 0 radical (unpaired) electrons. The monoisotopic (exact) mass is 1060 g/mol. The van der Waals surface area contributed by atoms with E-state index in [0.29, 0.717) is 26.1 Å². The van der Waals surface area contributed by atoms with Crippen LogP contribution in [0.15, 0.2) is 0 Å². The van der Waals surface area contributed by atoms with E-state index >= 15 is 0 Å². The molecule has 0 aromatic carbocycles. The first-order chi connectivity index (χ1) is 32.7. The van der Waals surface area contributed by atoms with E-state index in [1.54, 1.807) is 8.87 Å². The summed E-state index contributed by atoms with van der Waals surface area (Å²) < 4.78 is 13.8. The molecule has 0 unspecified atom stereocenters. The molecule has 0 atom stereocenters. The number of unbranched alkanes of at least 4 members (excludes halogenated alkanes) is 33. The molecule has 0 fully saturated rings. The Morgan fingerprint density at radius 2 is 0.493 bits per heavy atom. The van der Waals surface area contributed by atoms with Crippen molar-refractivity contribution in [1.82, 2.24) is 0 Å². The number of hydrogen-bond donors (Lipinski definition) is 0. The summed E-state index contributed by atoms with van der Waals surface area (Å²) in [6.45, 7) is 14.6. The Morgan fingerprint density at radius 1 is 0.284 bits per heavy atom. The second kappa shape index (κ2) is 68.9. The molecule has 0 amide bonds. The maximum absolute atomic E-state index is 11.7. The van der Waals surface area contributed by atoms with Crippen LogP contribution in [0.1, 0.15) is 324 Å². The van der Waals surface area contributed by atoms with Crippen molar-refractivity contribution in [3.05, 3.63) is 0 Å². The number of rotatable bonds is 49. The van der Waals surface area contributed by atoms with Crippen LogP contribution in [-0.4, -0.2) is 58.2 Å². The predicted octanol–water partition coefficient (Wildman–Crippen LogP) is 16.4. The van der Waals surface area contributed by atoms with Gasteiger partial charge in [-0.05, 0) is 51.4 Å². The molecular formula is C58H114O8Sn. The zero-order valence-electron chi connectivity index (χ0n) is 45.7. The summed E-state index contributed by atoms with van der Waals surface area (Å²) >= 11 is 0.149. The van der Waals surface area contributed by atoms with Crippen LogP contribution in [0.5, 0.6) is 0 Å². The van der Waals surface area contributed by atoms with Gasteiger partial charge in [-0.15, -0.1) is 0 Å². The molecule has 0 rings (SSSR count). The van der Waals surface area contributed by atoms with Crippen molar-refractivity contribution in [2.24, 2.45) is 0 Å². The molecule has 0 bridgehead atoms. The van der Waals surface area contributed by atoms with Gasteiger partial charge in [0.1, 0.15) is 0 Å². The molecule has 9 heteroatoms. The van der Waals surface area contributed by atoms with Crippen LogP contribution in [-0.2, 0) is 28.7 Å². The van der Waals surface area contributed by atoms with Crippen molar-refractivity contribution in [2.75, 3.05) is 13.2 Å². The Kier molecular flexibility index (Phi) is 74.3. The Bertz CT molecular complexity index is 887. The number of carboxylic acid groups (broad SMARTS) is 2. The molecule has 0 N–H and O–H groups in total. The number of carboxylic acids is 2. The van der Waals surface area contributed by atoms with E-state index in [9.17, 15) is 29.4 Å². The minimum atomic E-state index is -0.909. The Labute approximate surface area is 427 Å². The summed E-state index contributed by atoms with van der Waals surface area (Å²) in [7, 11) is 0. The molecule has 398 valence electrons. The molecule has 0 spiro atoms. The predicted molar refractivity (Wildman–Crippen MR) is 284 cm³/mol. The molecule has 0 aliphatic heterocycles. The van der Waals surface area contributed by atoms with Crippen LogP contribution in [0.3, 0.4) is 0 Å². The number of hydrogen-bond acceptors (Lipinski definition) is 8. The maximum atomic E-state index is 11.7. The summed E-state index contributed by atoms with van der Waals surface area (Å²) in [5.74, 6) is -1.91. The summed E-state index contributed by atoms with van der Waals surface area (Å²) in [5.41, 5.74) is 0. The van der Waals surface area contributed by atoms with Gasteiger partial charge in [-0.2, -0.15) is 0 Å². The first kappa shape index (κ1) is 72.2. The van der Waals surface area contributed by atoms with Gasteiger partial charge >= 0.3 is 81.5 Å². The van der Waals surface area contributed by atoms with E-state index < -0.39 is 11.9 Å². The summed E-state index contributed by atoms with van der Waals surface area (Å²) in [4.78, 5) is 43.6. The van der Waals surface area contributed by atoms with E-state index in [0.717, 1.165) is 77.0 Å². The Morgan fingerprint density at radius 3 is 0.731 bits per heavy atom. The number of carbonyl (C=O) groups is 4. The normalized spacial score (nSPS) is 10.4. The minimum absolute atomic E-state index is 0.0448. The van der Waals surface area contributed by atoms with Crippen molar-refractivity contribution in [3.63, 3.8) is 0 Å². The van der Waals surface area contributed by atoms with Crippen LogP contribution in [0.2, 0.25) is 8.87 Å². The average Bonchev–Trinajstić information content (AvgIpc) is 3.31. The molecule has 8 nitrogen and oxygen atoms in total. The van der Waals surface area contributed by atoms with Crippen molar-refractivity contribution in [2.45, 2.75) is 333 Å². The molecular weight excluding hydrogens is 943 g/mol.